The molecule has 0 N–H and O–H groups in total. The number of anilines is 2. The molecule has 2 aromatic heterocycles. The summed E-state index contributed by atoms with van der Waals surface area (Å²) in [6.07, 6.45) is 3.29. The molecule has 0 spiro atoms. The quantitative estimate of drug-likeness (QED) is 0.802. The molecule has 4 heterocycles. The number of aromatic nitrogens is 3. The molecule has 1 amide bonds. The van der Waals surface area contributed by atoms with Gasteiger partial charge in [-0.25, -0.2) is 0 Å². The van der Waals surface area contributed by atoms with E-state index < -0.39 is 0 Å². The predicted octanol–water partition coefficient (Wildman–Crippen LogP) is 0.671. The van der Waals surface area contributed by atoms with E-state index in [4.69, 9.17) is 4.74 Å². The Hall–Kier alpha value is -2.74. The third-order valence-corrected chi connectivity index (χ3v) is 4.77. The van der Waals surface area contributed by atoms with Crippen molar-refractivity contribution >= 4 is 17.5 Å². The van der Waals surface area contributed by atoms with Crippen molar-refractivity contribution in [2.75, 3.05) is 62.3 Å². The van der Waals surface area contributed by atoms with E-state index in [-0.39, 0.29) is 5.91 Å². The van der Waals surface area contributed by atoms with Crippen LogP contribution in [0.4, 0.5) is 11.6 Å². The van der Waals surface area contributed by atoms with Crippen LogP contribution >= 0.6 is 0 Å². The summed E-state index contributed by atoms with van der Waals surface area (Å²) in [4.78, 5) is 22.7. The maximum atomic E-state index is 12.5. The van der Waals surface area contributed by atoms with Crippen molar-refractivity contribution in [1.82, 2.24) is 20.1 Å². The average Bonchev–Trinajstić information content (AvgIpc) is 2.75. The third-order valence-electron chi connectivity index (χ3n) is 4.77. The molecule has 2 aliphatic heterocycles. The fourth-order valence-electron chi connectivity index (χ4n) is 3.26. The monoisotopic (exact) mass is 354 g/mol. The molecule has 26 heavy (non-hydrogen) atoms. The Labute approximate surface area is 152 Å². The highest BCUT2D eigenvalue weighted by atomic mass is 16.5. The molecule has 0 aliphatic carbocycles. The maximum absolute atomic E-state index is 12.5. The van der Waals surface area contributed by atoms with Crippen LogP contribution in [0.1, 0.15) is 10.4 Å². The van der Waals surface area contributed by atoms with Gasteiger partial charge in [0.2, 0.25) is 0 Å². The number of pyridine rings is 1. The number of carbonyl (C=O) groups is 1. The van der Waals surface area contributed by atoms with Gasteiger partial charge in [-0.2, -0.15) is 0 Å². The Balaban J connectivity index is 1.35. The van der Waals surface area contributed by atoms with E-state index in [1.165, 1.54) is 0 Å². The first-order valence-corrected chi connectivity index (χ1v) is 8.92. The van der Waals surface area contributed by atoms with Crippen LogP contribution in [0, 0.1) is 0 Å². The smallest absolute Gasteiger partial charge is 0.255 e. The normalized spacial score (nSPS) is 18.1. The summed E-state index contributed by atoms with van der Waals surface area (Å²) >= 11 is 0. The second-order valence-corrected chi connectivity index (χ2v) is 6.37. The van der Waals surface area contributed by atoms with Crippen LogP contribution in [0.3, 0.4) is 0 Å². The molecule has 0 unspecified atom stereocenters. The molecule has 0 atom stereocenters. The van der Waals surface area contributed by atoms with Crippen molar-refractivity contribution in [2.24, 2.45) is 0 Å². The van der Waals surface area contributed by atoms with Gasteiger partial charge in [0.1, 0.15) is 0 Å². The van der Waals surface area contributed by atoms with Gasteiger partial charge in [0.25, 0.3) is 5.91 Å². The number of piperazine rings is 1. The second kappa shape index (κ2) is 7.65. The van der Waals surface area contributed by atoms with Crippen LogP contribution in [0.25, 0.3) is 0 Å². The lowest BCUT2D eigenvalue weighted by Gasteiger charge is -2.35. The SMILES string of the molecule is O=C(c1cccnc1)N1CCN(c2ccc(N3CCOCC3)nn2)CC1. The minimum absolute atomic E-state index is 0.0338. The molecule has 0 bridgehead atoms. The first-order valence-electron chi connectivity index (χ1n) is 8.92. The number of rotatable bonds is 3. The van der Waals surface area contributed by atoms with Gasteiger partial charge in [-0.1, -0.05) is 0 Å². The molecular formula is C18H22N6O2. The molecule has 4 rings (SSSR count). The summed E-state index contributed by atoms with van der Waals surface area (Å²) in [6.45, 7) is 6.00. The molecule has 8 heteroatoms. The van der Waals surface area contributed by atoms with Crippen LogP contribution in [-0.2, 0) is 4.74 Å². The molecule has 2 saturated heterocycles. The van der Waals surface area contributed by atoms with Crippen molar-refractivity contribution in [1.29, 1.82) is 0 Å². The van der Waals surface area contributed by atoms with E-state index in [2.05, 4.69) is 25.0 Å². The van der Waals surface area contributed by atoms with Gasteiger partial charge in [0.15, 0.2) is 11.6 Å². The van der Waals surface area contributed by atoms with Gasteiger partial charge in [0.05, 0.1) is 18.8 Å². The van der Waals surface area contributed by atoms with Crippen LogP contribution in [0.2, 0.25) is 0 Å². The van der Waals surface area contributed by atoms with Crippen LogP contribution in [-0.4, -0.2) is 78.5 Å². The van der Waals surface area contributed by atoms with Crippen molar-refractivity contribution < 1.29 is 9.53 Å². The molecule has 2 aliphatic rings. The lowest BCUT2D eigenvalue weighted by molar-refractivity contribution is 0.0746. The number of hydrogen-bond donors (Lipinski definition) is 0. The number of ether oxygens (including phenoxy) is 1. The molecule has 8 nitrogen and oxygen atoms in total. The van der Waals surface area contributed by atoms with E-state index >= 15 is 0 Å². The predicted molar refractivity (Wildman–Crippen MR) is 97.4 cm³/mol. The van der Waals surface area contributed by atoms with Gasteiger partial charge < -0.3 is 19.4 Å². The van der Waals surface area contributed by atoms with E-state index in [0.29, 0.717) is 18.7 Å². The van der Waals surface area contributed by atoms with E-state index in [1.807, 2.05) is 17.0 Å². The minimum Gasteiger partial charge on any atom is -0.378 e. The van der Waals surface area contributed by atoms with Gasteiger partial charge in [-0.05, 0) is 24.3 Å². The van der Waals surface area contributed by atoms with Crippen molar-refractivity contribution in [3.8, 4) is 0 Å². The Morgan fingerprint density at radius 3 is 2.12 bits per heavy atom. The minimum atomic E-state index is 0.0338. The van der Waals surface area contributed by atoms with Gasteiger partial charge in [0, 0.05) is 51.7 Å². The Kier molecular flexibility index (Phi) is 4.92. The van der Waals surface area contributed by atoms with E-state index in [0.717, 1.165) is 51.0 Å². The lowest BCUT2D eigenvalue weighted by atomic mass is 10.2. The molecule has 0 radical (unpaired) electrons. The topological polar surface area (TPSA) is 74.7 Å². The van der Waals surface area contributed by atoms with Crippen LogP contribution < -0.4 is 9.80 Å². The number of carbonyl (C=O) groups excluding carboxylic acids is 1. The molecule has 2 aromatic rings. The lowest BCUT2D eigenvalue weighted by Crippen LogP contribution is -2.49. The number of nitrogens with zero attached hydrogens (tertiary/aromatic N) is 6. The van der Waals surface area contributed by atoms with Crippen molar-refractivity contribution in [3.63, 3.8) is 0 Å². The highest BCUT2D eigenvalue weighted by molar-refractivity contribution is 5.94. The first-order chi connectivity index (χ1) is 12.8. The zero-order valence-electron chi connectivity index (χ0n) is 14.6. The fraction of sp³-hybridized carbons (Fsp3) is 0.444. The molecule has 136 valence electrons. The number of amides is 1. The molecule has 2 fully saturated rings. The first kappa shape index (κ1) is 16.7. The second-order valence-electron chi connectivity index (χ2n) is 6.37. The fourth-order valence-corrected chi connectivity index (χ4v) is 3.26. The Morgan fingerprint density at radius 1 is 0.885 bits per heavy atom. The van der Waals surface area contributed by atoms with Gasteiger partial charge in [-0.3, -0.25) is 9.78 Å². The number of hydrogen-bond acceptors (Lipinski definition) is 7. The third kappa shape index (κ3) is 3.60. The summed E-state index contributed by atoms with van der Waals surface area (Å²) in [5, 5.41) is 8.75. The van der Waals surface area contributed by atoms with E-state index in [1.54, 1.807) is 24.5 Å². The molecular weight excluding hydrogens is 332 g/mol. The van der Waals surface area contributed by atoms with Crippen molar-refractivity contribution in [3.05, 3.63) is 42.2 Å². The largest absolute Gasteiger partial charge is 0.378 e. The Morgan fingerprint density at radius 2 is 1.54 bits per heavy atom. The molecule has 0 saturated carbocycles. The maximum Gasteiger partial charge on any atom is 0.255 e. The summed E-state index contributed by atoms with van der Waals surface area (Å²) in [5.41, 5.74) is 0.635. The Bertz CT molecular complexity index is 725. The van der Waals surface area contributed by atoms with Crippen LogP contribution in [0.5, 0.6) is 0 Å². The highest BCUT2D eigenvalue weighted by Gasteiger charge is 2.23. The standard InChI is InChI=1S/C18H22N6O2/c25-18(15-2-1-5-19-14-15)24-8-6-22(7-9-24)16-3-4-17(21-20-16)23-10-12-26-13-11-23/h1-5,14H,6-13H2. The zero-order chi connectivity index (χ0) is 17.8. The zero-order valence-corrected chi connectivity index (χ0v) is 14.6. The van der Waals surface area contributed by atoms with Gasteiger partial charge in [-0.15, -0.1) is 10.2 Å². The van der Waals surface area contributed by atoms with Crippen molar-refractivity contribution in [2.45, 2.75) is 0 Å². The summed E-state index contributed by atoms with van der Waals surface area (Å²) in [5.74, 6) is 1.78. The molecule has 0 aromatic carbocycles. The number of morpholine rings is 1. The summed E-state index contributed by atoms with van der Waals surface area (Å²) in [6, 6.07) is 7.61. The van der Waals surface area contributed by atoms with Crippen LogP contribution in [0.15, 0.2) is 36.7 Å². The average molecular weight is 354 g/mol. The van der Waals surface area contributed by atoms with Gasteiger partial charge >= 0.3 is 0 Å². The summed E-state index contributed by atoms with van der Waals surface area (Å²) in [7, 11) is 0. The van der Waals surface area contributed by atoms with E-state index in [9.17, 15) is 4.79 Å². The highest BCUT2D eigenvalue weighted by Crippen LogP contribution is 2.18. The summed E-state index contributed by atoms with van der Waals surface area (Å²) < 4.78 is 5.37.